The Labute approximate surface area is 144 Å². The molecular formula is C18H19N5O2. The zero-order valence-electron chi connectivity index (χ0n) is 13.7. The van der Waals surface area contributed by atoms with E-state index >= 15 is 0 Å². The number of rotatable bonds is 0. The Balaban J connectivity index is 1.84. The van der Waals surface area contributed by atoms with Crippen LogP contribution in [0.4, 0.5) is 11.5 Å². The molecule has 1 aromatic carbocycles. The zero-order chi connectivity index (χ0) is 17.2. The highest BCUT2D eigenvalue weighted by molar-refractivity contribution is 5.85. The lowest BCUT2D eigenvalue weighted by molar-refractivity contribution is 0.313. The van der Waals surface area contributed by atoms with E-state index < -0.39 is 0 Å². The van der Waals surface area contributed by atoms with Crippen molar-refractivity contribution in [3.8, 4) is 5.88 Å². The van der Waals surface area contributed by atoms with Gasteiger partial charge in [0, 0.05) is 18.3 Å². The summed E-state index contributed by atoms with van der Waals surface area (Å²) in [6.07, 6.45) is 4.89. The Kier molecular flexibility index (Phi) is 3.89. The van der Waals surface area contributed by atoms with Crippen LogP contribution in [0.3, 0.4) is 0 Å². The van der Waals surface area contributed by atoms with Crippen molar-refractivity contribution >= 4 is 22.5 Å². The number of nitrogens with zero attached hydrogens (tertiary/aromatic N) is 2. The first-order chi connectivity index (χ1) is 12.2. The average Bonchev–Trinajstić information content (AvgIpc) is 2.90. The number of aromatic nitrogens is 3. The molecule has 0 fully saturated rings. The maximum absolute atomic E-state index is 12.4. The summed E-state index contributed by atoms with van der Waals surface area (Å²) in [5, 5.41) is 3.35. The molecule has 1 aliphatic rings. The minimum absolute atomic E-state index is 0.218. The summed E-state index contributed by atoms with van der Waals surface area (Å²) < 4.78 is 7.34. The van der Waals surface area contributed by atoms with Crippen LogP contribution >= 0.6 is 0 Å². The summed E-state index contributed by atoms with van der Waals surface area (Å²) in [6.45, 7) is 1.67. The van der Waals surface area contributed by atoms with Gasteiger partial charge >= 0.3 is 5.69 Å². The first-order valence-corrected chi connectivity index (χ1v) is 8.20. The van der Waals surface area contributed by atoms with Crippen LogP contribution in [0, 0.1) is 0 Å². The highest BCUT2D eigenvalue weighted by Crippen LogP contribution is 2.23. The van der Waals surface area contributed by atoms with Crippen LogP contribution in [0.25, 0.3) is 11.0 Å². The molecule has 0 atom stereocenters. The fourth-order valence-electron chi connectivity index (χ4n) is 2.95. The Morgan fingerprint density at radius 3 is 3.08 bits per heavy atom. The van der Waals surface area contributed by atoms with Crippen LogP contribution in [0.15, 0.2) is 47.3 Å². The molecule has 7 heteroatoms. The predicted octanol–water partition coefficient (Wildman–Crippen LogP) is 2.11. The summed E-state index contributed by atoms with van der Waals surface area (Å²) in [4.78, 5) is 19.4. The smallest absolute Gasteiger partial charge is 0.326 e. The maximum Gasteiger partial charge on any atom is 0.326 e. The molecule has 4 rings (SSSR count). The van der Waals surface area contributed by atoms with Crippen molar-refractivity contribution in [3.63, 3.8) is 0 Å². The molecule has 4 bridgehead atoms. The molecule has 0 saturated carbocycles. The van der Waals surface area contributed by atoms with Crippen LogP contribution in [-0.4, -0.2) is 27.7 Å². The van der Waals surface area contributed by atoms with E-state index in [-0.39, 0.29) is 11.5 Å². The van der Waals surface area contributed by atoms with Crippen molar-refractivity contribution in [1.82, 2.24) is 14.5 Å². The van der Waals surface area contributed by atoms with E-state index in [1.54, 1.807) is 10.6 Å². The number of anilines is 2. The van der Waals surface area contributed by atoms with Gasteiger partial charge in [-0.15, -0.1) is 0 Å². The van der Waals surface area contributed by atoms with Gasteiger partial charge < -0.3 is 20.8 Å². The molecule has 2 aromatic heterocycles. The largest absolute Gasteiger partial charge is 0.477 e. The quantitative estimate of drug-likeness (QED) is 0.546. The lowest BCUT2D eigenvalue weighted by Crippen LogP contribution is -2.17. The number of hydrogen-bond donors (Lipinski definition) is 3. The van der Waals surface area contributed by atoms with Gasteiger partial charge in [-0.3, -0.25) is 4.57 Å². The van der Waals surface area contributed by atoms with E-state index in [2.05, 4.69) is 27.4 Å². The fourth-order valence-corrected chi connectivity index (χ4v) is 2.95. The first-order valence-electron chi connectivity index (χ1n) is 8.20. The molecule has 128 valence electrons. The number of nitrogens with one attached hydrogen (secondary N) is 2. The summed E-state index contributed by atoms with van der Waals surface area (Å²) >= 11 is 0. The number of pyridine rings is 1. The third kappa shape index (κ3) is 3.08. The normalized spacial score (nSPS) is 14.6. The maximum atomic E-state index is 12.4. The number of H-pyrrole nitrogens is 1. The van der Waals surface area contributed by atoms with E-state index in [9.17, 15) is 4.79 Å². The SMILES string of the molecule is Nc1nc2cc3c1[nH]c(=O)n3Cc1cccc(c1)NCC=CCCO2. The highest BCUT2D eigenvalue weighted by Gasteiger charge is 2.13. The molecule has 0 saturated heterocycles. The lowest BCUT2D eigenvalue weighted by Gasteiger charge is -2.09. The topological polar surface area (TPSA) is 98.0 Å². The molecule has 3 heterocycles. The second-order valence-corrected chi connectivity index (χ2v) is 5.95. The van der Waals surface area contributed by atoms with Crippen molar-refractivity contribution < 1.29 is 4.74 Å². The van der Waals surface area contributed by atoms with Gasteiger partial charge in [-0.05, 0) is 24.1 Å². The van der Waals surface area contributed by atoms with E-state index in [0.717, 1.165) is 24.2 Å². The zero-order valence-corrected chi connectivity index (χ0v) is 13.7. The molecule has 4 N–H and O–H groups in total. The van der Waals surface area contributed by atoms with Crippen molar-refractivity contribution in [2.24, 2.45) is 0 Å². The third-order valence-electron chi connectivity index (χ3n) is 4.16. The fraction of sp³-hybridized carbons (Fsp3) is 0.222. The summed E-state index contributed by atoms with van der Waals surface area (Å²) in [6, 6.07) is 9.78. The van der Waals surface area contributed by atoms with Crippen molar-refractivity contribution in [2.75, 3.05) is 24.2 Å². The summed E-state index contributed by atoms with van der Waals surface area (Å²) in [5.41, 5.74) is 9.04. The predicted molar refractivity (Wildman–Crippen MR) is 98.1 cm³/mol. The van der Waals surface area contributed by atoms with E-state index in [0.29, 0.717) is 30.1 Å². The second-order valence-electron chi connectivity index (χ2n) is 5.95. The van der Waals surface area contributed by atoms with Crippen LogP contribution in [-0.2, 0) is 6.54 Å². The van der Waals surface area contributed by atoms with Gasteiger partial charge in [-0.2, -0.15) is 4.98 Å². The molecule has 0 amide bonds. The Bertz CT molecular complexity index is 1000. The van der Waals surface area contributed by atoms with Gasteiger partial charge in [0.05, 0.1) is 18.7 Å². The lowest BCUT2D eigenvalue weighted by atomic mass is 10.2. The number of benzene rings is 1. The Morgan fingerprint density at radius 2 is 2.16 bits per heavy atom. The van der Waals surface area contributed by atoms with Crippen molar-refractivity contribution in [2.45, 2.75) is 13.0 Å². The first kappa shape index (κ1) is 15.3. The number of nitrogen functional groups attached to an aromatic ring is 1. The number of ether oxygens (including phenoxy) is 1. The van der Waals surface area contributed by atoms with E-state index in [4.69, 9.17) is 10.5 Å². The van der Waals surface area contributed by atoms with Crippen LogP contribution < -0.4 is 21.5 Å². The molecule has 1 aliphatic heterocycles. The molecule has 0 spiro atoms. The number of aromatic amines is 1. The van der Waals surface area contributed by atoms with Gasteiger partial charge in [-0.25, -0.2) is 4.79 Å². The number of nitrogens with two attached hydrogens (primary N) is 1. The van der Waals surface area contributed by atoms with Gasteiger partial charge in [-0.1, -0.05) is 24.3 Å². The van der Waals surface area contributed by atoms with Gasteiger partial charge in [0.2, 0.25) is 5.88 Å². The van der Waals surface area contributed by atoms with Gasteiger partial charge in [0.1, 0.15) is 5.52 Å². The second kappa shape index (κ2) is 6.35. The summed E-state index contributed by atoms with van der Waals surface area (Å²) in [5.74, 6) is 0.687. The highest BCUT2D eigenvalue weighted by atomic mass is 16.5. The standard InChI is InChI=1S/C18H19N5O2/c19-17-16-14-10-15(21-17)25-8-3-1-2-7-20-13-6-4-5-12(9-13)11-23(14)18(24)22-16/h1-2,4-6,9-10,20H,3,7-8,11H2,(H2,19,21)(H,22,24). The molecule has 25 heavy (non-hydrogen) atoms. The number of imidazole rings is 1. The minimum Gasteiger partial charge on any atom is -0.477 e. The number of fused-ring (bicyclic) bond motifs is 3. The average molecular weight is 337 g/mol. The summed E-state index contributed by atoms with van der Waals surface area (Å²) in [7, 11) is 0. The number of hydrogen-bond acceptors (Lipinski definition) is 5. The van der Waals surface area contributed by atoms with Crippen molar-refractivity contribution in [1.29, 1.82) is 0 Å². The monoisotopic (exact) mass is 337 g/mol. The Hall–Kier alpha value is -3.22. The molecule has 0 aliphatic carbocycles. The van der Waals surface area contributed by atoms with Crippen LogP contribution in [0.1, 0.15) is 12.0 Å². The molecule has 0 unspecified atom stereocenters. The van der Waals surface area contributed by atoms with E-state index in [1.165, 1.54) is 0 Å². The van der Waals surface area contributed by atoms with Crippen LogP contribution in [0.2, 0.25) is 0 Å². The third-order valence-corrected chi connectivity index (χ3v) is 4.16. The molecule has 7 nitrogen and oxygen atoms in total. The van der Waals surface area contributed by atoms with Crippen LogP contribution in [0.5, 0.6) is 5.88 Å². The molecular weight excluding hydrogens is 318 g/mol. The Morgan fingerprint density at radius 1 is 1.24 bits per heavy atom. The van der Waals surface area contributed by atoms with Crippen molar-refractivity contribution in [3.05, 3.63) is 58.5 Å². The van der Waals surface area contributed by atoms with E-state index in [1.807, 2.05) is 24.3 Å². The minimum atomic E-state index is -0.218. The molecule has 3 aromatic rings. The van der Waals surface area contributed by atoms with Gasteiger partial charge in [0.15, 0.2) is 5.82 Å². The van der Waals surface area contributed by atoms with Gasteiger partial charge in [0.25, 0.3) is 0 Å². The molecule has 0 radical (unpaired) electrons.